The van der Waals surface area contributed by atoms with E-state index in [-0.39, 0.29) is 22.0 Å². The molecule has 9 heteroatoms. The smallest absolute Gasteiger partial charge is 0.387 e. The van der Waals surface area contributed by atoms with E-state index in [1.807, 2.05) is 0 Å². The zero-order valence-electron chi connectivity index (χ0n) is 11.3. The Labute approximate surface area is 133 Å². The number of amides is 1. The summed E-state index contributed by atoms with van der Waals surface area (Å²) < 4.78 is 28.9. The van der Waals surface area contributed by atoms with Gasteiger partial charge in [0.1, 0.15) is 11.3 Å². The van der Waals surface area contributed by atoms with Gasteiger partial charge in [-0.05, 0) is 24.3 Å². The number of nitrogens with one attached hydrogen (secondary N) is 1. The van der Waals surface area contributed by atoms with Crippen molar-refractivity contribution in [2.24, 2.45) is 0 Å². The summed E-state index contributed by atoms with van der Waals surface area (Å²) in [6.07, 6.45) is 0. The van der Waals surface area contributed by atoms with E-state index in [9.17, 15) is 23.7 Å². The van der Waals surface area contributed by atoms with Crippen molar-refractivity contribution in [2.45, 2.75) is 6.61 Å². The molecule has 2 aromatic carbocycles. The Balaban J connectivity index is 2.32. The predicted molar refractivity (Wildman–Crippen MR) is 79.1 cm³/mol. The van der Waals surface area contributed by atoms with Crippen LogP contribution in [0.2, 0.25) is 5.02 Å². The first-order valence-corrected chi connectivity index (χ1v) is 6.55. The molecular formula is C14H9ClF2N2O4. The molecule has 1 N–H and O–H groups in total. The van der Waals surface area contributed by atoms with E-state index in [1.165, 1.54) is 36.4 Å². The molecule has 1 amide bonds. The molecule has 0 aliphatic rings. The molecule has 0 aliphatic carbocycles. The summed E-state index contributed by atoms with van der Waals surface area (Å²) in [5, 5.41) is 13.4. The number of para-hydroxylation sites is 2. The van der Waals surface area contributed by atoms with Gasteiger partial charge in [-0.3, -0.25) is 14.9 Å². The number of nitro benzene ring substituents is 1. The van der Waals surface area contributed by atoms with Gasteiger partial charge in [0.25, 0.3) is 11.6 Å². The average Bonchev–Trinajstić information content (AvgIpc) is 2.48. The Morgan fingerprint density at radius 2 is 1.96 bits per heavy atom. The summed E-state index contributed by atoms with van der Waals surface area (Å²) in [4.78, 5) is 22.4. The van der Waals surface area contributed by atoms with Crippen molar-refractivity contribution in [3.8, 4) is 5.75 Å². The van der Waals surface area contributed by atoms with E-state index in [4.69, 9.17) is 11.6 Å². The summed E-state index contributed by atoms with van der Waals surface area (Å²) in [7, 11) is 0. The molecule has 0 saturated heterocycles. The van der Waals surface area contributed by atoms with Crippen LogP contribution in [0, 0.1) is 10.1 Å². The molecule has 0 heterocycles. The van der Waals surface area contributed by atoms with Crippen molar-refractivity contribution in [1.29, 1.82) is 0 Å². The molecule has 0 spiro atoms. The molecule has 0 aliphatic heterocycles. The fourth-order valence-electron chi connectivity index (χ4n) is 1.81. The van der Waals surface area contributed by atoms with Crippen molar-refractivity contribution in [2.75, 3.05) is 5.32 Å². The monoisotopic (exact) mass is 342 g/mol. The van der Waals surface area contributed by atoms with Crippen molar-refractivity contribution in [3.05, 3.63) is 63.2 Å². The van der Waals surface area contributed by atoms with Crippen LogP contribution >= 0.6 is 11.6 Å². The van der Waals surface area contributed by atoms with Gasteiger partial charge in [-0.25, -0.2) is 0 Å². The van der Waals surface area contributed by atoms with Crippen LogP contribution in [0.25, 0.3) is 0 Å². The summed E-state index contributed by atoms with van der Waals surface area (Å²) in [6, 6.07) is 9.01. The number of alkyl halides is 2. The van der Waals surface area contributed by atoms with Crippen LogP contribution in [0.1, 0.15) is 10.4 Å². The Hall–Kier alpha value is -2.74. The highest BCUT2D eigenvalue weighted by Gasteiger charge is 2.21. The van der Waals surface area contributed by atoms with Crippen molar-refractivity contribution in [1.82, 2.24) is 0 Å². The summed E-state index contributed by atoms with van der Waals surface area (Å²) in [5.41, 5.74) is -0.796. The Kier molecular flexibility index (Phi) is 5.07. The second kappa shape index (κ2) is 7.01. The lowest BCUT2D eigenvalue weighted by atomic mass is 10.1. The largest absolute Gasteiger partial charge is 0.433 e. The van der Waals surface area contributed by atoms with Crippen molar-refractivity contribution >= 4 is 28.9 Å². The molecular weight excluding hydrogens is 334 g/mol. The highest BCUT2D eigenvalue weighted by Crippen LogP contribution is 2.28. The molecule has 2 aromatic rings. The first-order chi connectivity index (χ1) is 10.9. The van der Waals surface area contributed by atoms with Gasteiger partial charge in [0, 0.05) is 11.1 Å². The van der Waals surface area contributed by atoms with Gasteiger partial charge in [0.2, 0.25) is 0 Å². The van der Waals surface area contributed by atoms with Crippen LogP contribution in [0.5, 0.6) is 5.75 Å². The van der Waals surface area contributed by atoms with Gasteiger partial charge in [0.05, 0.1) is 10.6 Å². The molecule has 0 atom stereocenters. The maximum atomic E-state index is 12.3. The Bertz CT molecular complexity index is 755. The second-order valence-electron chi connectivity index (χ2n) is 4.25. The number of halogens is 3. The van der Waals surface area contributed by atoms with Gasteiger partial charge >= 0.3 is 6.61 Å². The molecule has 2 rings (SSSR count). The molecule has 0 bridgehead atoms. The molecule has 6 nitrogen and oxygen atoms in total. The number of benzene rings is 2. The molecule has 0 aromatic heterocycles. The van der Waals surface area contributed by atoms with E-state index < -0.39 is 23.1 Å². The molecule has 0 unspecified atom stereocenters. The van der Waals surface area contributed by atoms with E-state index in [1.54, 1.807) is 0 Å². The average molecular weight is 343 g/mol. The number of rotatable bonds is 5. The SMILES string of the molecule is O=C(Nc1ccccc1OC(F)F)c1ccc(Cl)cc1[N+](=O)[O-]. The van der Waals surface area contributed by atoms with Crippen LogP contribution in [-0.4, -0.2) is 17.4 Å². The highest BCUT2D eigenvalue weighted by atomic mass is 35.5. The minimum atomic E-state index is -3.07. The number of carbonyl (C=O) groups excluding carboxylic acids is 1. The predicted octanol–water partition coefficient (Wildman–Crippen LogP) is 4.10. The number of carbonyl (C=O) groups is 1. The first-order valence-electron chi connectivity index (χ1n) is 6.17. The molecule has 23 heavy (non-hydrogen) atoms. The molecule has 0 radical (unpaired) electrons. The zero-order chi connectivity index (χ0) is 17.0. The molecule has 0 saturated carbocycles. The standard InChI is InChI=1S/C14H9ClF2N2O4/c15-8-5-6-9(11(7-8)19(21)22)13(20)18-10-3-1-2-4-12(10)23-14(16)17/h1-7,14H,(H,18,20). The van der Waals surface area contributed by atoms with Crippen LogP contribution in [0.15, 0.2) is 42.5 Å². The lowest BCUT2D eigenvalue weighted by molar-refractivity contribution is -0.385. The third kappa shape index (κ3) is 4.13. The van der Waals surface area contributed by atoms with Gasteiger partial charge in [-0.2, -0.15) is 8.78 Å². The first kappa shape index (κ1) is 16.6. The maximum absolute atomic E-state index is 12.3. The lowest BCUT2D eigenvalue weighted by Gasteiger charge is -2.11. The summed E-state index contributed by atoms with van der Waals surface area (Å²) in [6.45, 7) is -3.07. The number of anilines is 1. The van der Waals surface area contributed by atoms with Gasteiger partial charge in [-0.1, -0.05) is 23.7 Å². The fourth-order valence-corrected chi connectivity index (χ4v) is 1.97. The quantitative estimate of drug-likeness (QED) is 0.655. The molecule has 0 fully saturated rings. The lowest BCUT2D eigenvalue weighted by Crippen LogP contribution is -2.15. The molecule has 120 valence electrons. The normalized spacial score (nSPS) is 10.4. The number of hydrogen-bond donors (Lipinski definition) is 1. The van der Waals surface area contributed by atoms with E-state index >= 15 is 0 Å². The van der Waals surface area contributed by atoms with E-state index in [2.05, 4.69) is 10.1 Å². The van der Waals surface area contributed by atoms with Crippen LogP contribution in [0.4, 0.5) is 20.2 Å². The highest BCUT2D eigenvalue weighted by molar-refractivity contribution is 6.31. The topological polar surface area (TPSA) is 81.5 Å². The number of nitro groups is 1. The van der Waals surface area contributed by atoms with Crippen LogP contribution in [0.3, 0.4) is 0 Å². The van der Waals surface area contributed by atoms with E-state index in [0.29, 0.717) is 0 Å². The zero-order valence-corrected chi connectivity index (χ0v) is 12.1. The van der Waals surface area contributed by atoms with Crippen LogP contribution < -0.4 is 10.1 Å². The summed E-state index contributed by atoms with van der Waals surface area (Å²) in [5.74, 6) is -1.11. The minimum Gasteiger partial charge on any atom is -0.433 e. The van der Waals surface area contributed by atoms with Gasteiger partial charge in [-0.15, -0.1) is 0 Å². The minimum absolute atomic E-state index is 0.0398. The van der Waals surface area contributed by atoms with Crippen molar-refractivity contribution < 1.29 is 23.2 Å². The van der Waals surface area contributed by atoms with Crippen LogP contribution in [-0.2, 0) is 0 Å². The Morgan fingerprint density at radius 1 is 1.26 bits per heavy atom. The Morgan fingerprint density at radius 3 is 2.61 bits per heavy atom. The third-order valence-corrected chi connectivity index (χ3v) is 2.99. The number of ether oxygens (including phenoxy) is 1. The van der Waals surface area contributed by atoms with E-state index in [0.717, 1.165) is 6.07 Å². The number of hydrogen-bond acceptors (Lipinski definition) is 4. The summed E-state index contributed by atoms with van der Waals surface area (Å²) >= 11 is 5.67. The van der Waals surface area contributed by atoms with Crippen molar-refractivity contribution in [3.63, 3.8) is 0 Å². The fraction of sp³-hybridized carbons (Fsp3) is 0.0714. The van der Waals surface area contributed by atoms with Gasteiger partial charge < -0.3 is 10.1 Å². The number of nitrogens with zero attached hydrogens (tertiary/aromatic N) is 1. The maximum Gasteiger partial charge on any atom is 0.387 e. The third-order valence-electron chi connectivity index (χ3n) is 2.75. The second-order valence-corrected chi connectivity index (χ2v) is 4.68. The van der Waals surface area contributed by atoms with Gasteiger partial charge in [0.15, 0.2) is 0 Å².